The number of hydrogen-bond acceptors (Lipinski definition) is 3. The third kappa shape index (κ3) is 0.992. The molecule has 0 aromatic carbocycles. The molecule has 0 aromatic rings. The van der Waals surface area contributed by atoms with Crippen LogP contribution in [0.15, 0.2) is 0 Å². The molecular formula is C5H12N2O. The zero-order valence-corrected chi connectivity index (χ0v) is 5.13. The van der Waals surface area contributed by atoms with Gasteiger partial charge in [0, 0.05) is 13.1 Å². The highest BCUT2D eigenvalue weighted by molar-refractivity contribution is 4.78. The van der Waals surface area contributed by atoms with Crippen LogP contribution in [0, 0.1) is 0 Å². The lowest BCUT2D eigenvalue weighted by Crippen LogP contribution is -2.52. The predicted molar refractivity (Wildman–Crippen MR) is 31.2 cm³/mol. The van der Waals surface area contributed by atoms with Crippen molar-refractivity contribution < 1.29 is 4.84 Å². The fourth-order valence-corrected chi connectivity index (χ4v) is 0.867. The summed E-state index contributed by atoms with van der Waals surface area (Å²) in [6, 6.07) is 0. The molecule has 1 rings (SSSR count). The molecule has 0 aromatic heterocycles. The summed E-state index contributed by atoms with van der Waals surface area (Å²) in [7, 11) is 0. The highest BCUT2D eigenvalue weighted by atomic mass is 16.6. The Morgan fingerprint density at radius 1 is 1.75 bits per heavy atom. The summed E-state index contributed by atoms with van der Waals surface area (Å²) in [5, 5.41) is 0. The standard InChI is InChI=1S/C5H12N2O/c1-2-7-3-5(4-7)8-6/h5H,2-4,6H2,1H3. The zero-order valence-electron chi connectivity index (χ0n) is 5.13. The molecule has 48 valence electrons. The van der Waals surface area contributed by atoms with Gasteiger partial charge in [0.05, 0.1) is 0 Å². The molecule has 8 heavy (non-hydrogen) atoms. The fourth-order valence-electron chi connectivity index (χ4n) is 0.867. The van der Waals surface area contributed by atoms with Gasteiger partial charge in [0.15, 0.2) is 0 Å². The van der Waals surface area contributed by atoms with Crippen molar-refractivity contribution in [2.24, 2.45) is 5.90 Å². The monoisotopic (exact) mass is 116 g/mol. The van der Waals surface area contributed by atoms with Crippen molar-refractivity contribution in [2.45, 2.75) is 13.0 Å². The van der Waals surface area contributed by atoms with E-state index in [0.29, 0.717) is 6.10 Å². The first-order chi connectivity index (χ1) is 3.86. The van der Waals surface area contributed by atoms with Crippen LogP contribution in [-0.2, 0) is 4.84 Å². The number of likely N-dealkylation sites (tertiary alicyclic amines) is 1. The van der Waals surface area contributed by atoms with Gasteiger partial charge >= 0.3 is 0 Å². The van der Waals surface area contributed by atoms with Gasteiger partial charge in [0.25, 0.3) is 0 Å². The summed E-state index contributed by atoms with van der Waals surface area (Å²) >= 11 is 0. The van der Waals surface area contributed by atoms with Crippen LogP contribution in [0.5, 0.6) is 0 Å². The second-order valence-corrected chi connectivity index (χ2v) is 2.11. The SMILES string of the molecule is CCN1CC(ON)C1. The summed E-state index contributed by atoms with van der Waals surface area (Å²) in [5.74, 6) is 4.92. The number of rotatable bonds is 2. The lowest BCUT2D eigenvalue weighted by Gasteiger charge is -2.36. The van der Waals surface area contributed by atoms with Gasteiger partial charge < -0.3 is 0 Å². The normalized spacial score (nSPS) is 23.2. The smallest absolute Gasteiger partial charge is 0.104 e. The number of nitrogens with two attached hydrogens (primary N) is 1. The first-order valence-electron chi connectivity index (χ1n) is 2.94. The number of nitrogens with zero attached hydrogens (tertiary/aromatic N) is 1. The maximum absolute atomic E-state index is 4.92. The van der Waals surface area contributed by atoms with E-state index >= 15 is 0 Å². The summed E-state index contributed by atoms with van der Waals surface area (Å²) < 4.78 is 0. The van der Waals surface area contributed by atoms with Crippen molar-refractivity contribution in [3.05, 3.63) is 0 Å². The molecule has 1 aliphatic rings. The Bertz CT molecular complexity index is 62.8. The Hall–Kier alpha value is -0.120. The minimum Gasteiger partial charge on any atom is -0.299 e. The third-order valence-electron chi connectivity index (χ3n) is 1.56. The predicted octanol–water partition coefficient (Wildman–Crippen LogP) is -0.419. The van der Waals surface area contributed by atoms with Crippen molar-refractivity contribution in [3.63, 3.8) is 0 Å². The molecule has 3 heteroatoms. The van der Waals surface area contributed by atoms with Crippen LogP contribution in [-0.4, -0.2) is 30.6 Å². The van der Waals surface area contributed by atoms with Crippen LogP contribution >= 0.6 is 0 Å². The van der Waals surface area contributed by atoms with E-state index in [4.69, 9.17) is 5.90 Å². The maximum Gasteiger partial charge on any atom is 0.104 e. The van der Waals surface area contributed by atoms with Crippen molar-refractivity contribution in [3.8, 4) is 0 Å². The topological polar surface area (TPSA) is 38.5 Å². The lowest BCUT2D eigenvalue weighted by molar-refractivity contribution is -0.0537. The Balaban J connectivity index is 2.03. The van der Waals surface area contributed by atoms with E-state index in [1.807, 2.05) is 0 Å². The molecular weight excluding hydrogens is 104 g/mol. The highest BCUT2D eigenvalue weighted by Crippen LogP contribution is 2.07. The fraction of sp³-hybridized carbons (Fsp3) is 1.00. The number of likely N-dealkylation sites (N-methyl/N-ethyl adjacent to an activating group) is 1. The lowest BCUT2D eigenvalue weighted by atomic mass is 10.2. The van der Waals surface area contributed by atoms with E-state index in [1.165, 1.54) is 0 Å². The molecule has 0 aliphatic carbocycles. The summed E-state index contributed by atoms with van der Waals surface area (Å²) in [6.07, 6.45) is 0.301. The second-order valence-electron chi connectivity index (χ2n) is 2.11. The molecule has 1 fully saturated rings. The molecule has 2 N–H and O–H groups in total. The van der Waals surface area contributed by atoms with Gasteiger partial charge in [-0.3, -0.25) is 9.74 Å². The third-order valence-corrected chi connectivity index (χ3v) is 1.56. The first kappa shape index (κ1) is 6.01. The minimum atomic E-state index is 0.301. The van der Waals surface area contributed by atoms with Crippen LogP contribution in [0.2, 0.25) is 0 Å². The second kappa shape index (κ2) is 2.44. The van der Waals surface area contributed by atoms with Gasteiger partial charge in [0.2, 0.25) is 0 Å². The first-order valence-corrected chi connectivity index (χ1v) is 2.94. The molecule has 0 atom stereocenters. The molecule has 1 aliphatic heterocycles. The van der Waals surface area contributed by atoms with Crippen LogP contribution < -0.4 is 5.90 Å². The average molecular weight is 116 g/mol. The van der Waals surface area contributed by atoms with E-state index < -0.39 is 0 Å². The summed E-state index contributed by atoms with van der Waals surface area (Å²) in [5.41, 5.74) is 0. The molecule has 0 bridgehead atoms. The largest absolute Gasteiger partial charge is 0.299 e. The Labute approximate surface area is 49.4 Å². The van der Waals surface area contributed by atoms with E-state index in [0.717, 1.165) is 19.6 Å². The molecule has 3 nitrogen and oxygen atoms in total. The van der Waals surface area contributed by atoms with Gasteiger partial charge in [-0.1, -0.05) is 6.92 Å². The Morgan fingerprint density at radius 2 is 2.38 bits per heavy atom. The zero-order chi connectivity index (χ0) is 5.98. The van der Waals surface area contributed by atoms with E-state index in [-0.39, 0.29) is 0 Å². The van der Waals surface area contributed by atoms with Crippen molar-refractivity contribution in [1.82, 2.24) is 4.90 Å². The van der Waals surface area contributed by atoms with Crippen LogP contribution in [0.25, 0.3) is 0 Å². The Morgan fingerprint density at radius 3 is 2.75 bits per heavy atom. The van der Waals surface area contributed by atoms with Crippen molar-refractivity contribution in [2.75, 3.05) is 19.6 Å². The molecule has 0 radical (unpaired) electrons. The van der Waals surface area contributed by atoms with Crippen LogP contribution in [0.1, 0.15) is 6.92 Å². The van der Waals surface area contributed by atoms with E-state index in [1.54, 1.807) is 0 Å². The summed E-state index contributed by atoms with van der Waals surface area (Å²) in [6.45, 7) is 5.26. The minimum absolute atomic E-state index is 0.301. The van der Waals surface area contributed by atoms with Crippen molar-refractivity contribution >= 4 is 0 Å². The quantitative estimate of drug-likeness (QED) is 0.498. The molecule has 0 amide bonds. The van der Waals surface area contributed by atoms with E-state index in [9.17, 15) is 0 Å². The number of hydrogen-bond donors (Lipinski definition) is 1. The molecule has 0 saturated carbocycles. The van der Waals surface area contributed by atoms with Gasteiger partial charge in [-0.25, -0.2) is 5.90 Å². The Kier molecular flexibility index (Phi) is 1.83. The van der Waals surface area contributed by atoms with E-state index in [2.05, 4.69) is 16.7 Å². The molecule has 0 spiro atoms. The van der Waals surface area contributed by atoms with Crippen LogP contribution in [0.4, 0.5) is 0 Å². The molecule has 1 heterocycles. The van der Waals surface area contributed by atoms with Gasteiger partial charge in [-0.2, -0.15) is 0 Å². The maximum atomic E-state index is 4.92. The van der Waals surface area contributed by atoms with Gasteiger partial charge in [-0.05, 0) is 6.54 Å². The van der Waals surface area contributed by atoms with Crippen LogP contribution in [0.3, 0.4) is 0 Å². The van der Waals surface area contributed by atoms with Gasteiger partial charge in [0.1, 0.15) is 6.10 Å². The highest BCUT2D eigenvalue weighted by Gasteiger charge is 2.24. The molecule has 0 unspecified atom stereocenters. The van der Waals surface area contributed by atoms with Gasteiger partial charge in [-0.15, -0.1) is 0 Å². The summed E-state index contributed by atoms with van der Waals surface area (Å²) in [4.78, 5) is 6.85. The average Bonchev–Trinajstić information content (AvgIpc) is 1.65. The molecule has 1 saturated heterocycles. The van der Waals surface area contributed by atoms with Crippen molar-refractivity contribution in [1.29, 1.82) is 0 Å².